The van der Waals surface area contributed by atoms with Gasteiger partial charge in [0.05, 0.1) is 0 Å². The first-order chi connectivity index (χ1) is 15.5. The summed E-state index contributed by atoms with van der Waals surface area (Å²) >= 11 is 0. The van der Waals surface area contributed by atoms with Gasteiger partial charge < -0.3 is 15.0 Å². The highest BCUT2D eigenvalue weighted by molar-refractivity contribution is 5.88. The molecule has 3 aromatic carbocycles. The van der Waals surface area contributed by atoms with Gasteiger partial charge in [-0.25, -0.2) is 0 Å². The molecule has 3 aromatic rings. The number of hydrogen-bond acceptors (Lipinski definition) is 3. The van der Waals surface area contributed by atoms with Crippen LogP contribution in [0.15, 0.2) is 78.9 Å². The molecule has 0 radical (unpaired) electrons. The van der Waals surface area contributed by atoms with Crippen molar-refractivity contribution in [3.8, 4) is 5.75 Å². The first kappa shape index (κ1) is 23.1. The van der Waals surface area contributed by atoms with E-state index in [-0.39, 0.29) is 18.4 Å². The molecular weight excluding hydrogens is 400 g/mol. The Morgan fingerprint density at radius 3 is 2.25 bits per heavy atom. The van der Waals surface area contributed by atoms with Crippen molar-refractivity contribution >= 4 is 11.8 Å². The lowest BCUT2D eigenvalue weighted by molar-refractivity contribution is -0.142. The van der Waals surface area contributed by atoms with Crippen molar-refractivity contribution in [2.45, 2.75) is 32.9 Å². The first-order valence-corrected chi connectivity index (χ1v) is 10.8. The Hall–Kier alpha value is -3.60. The largest absolute Gasteiger partial charge is 0.484 e. The molecule has 5 nitrogen and oxygen atoms in total. The first-order valence-electron chi connectivity index (χ1n) is 10.8. The van der Waals surface area contributed by atoms with Crippen LogP contribution in [0, 0.1) is 13.8 Å². The molecule has 0 aliphatic heterocycles. The molecular formula is C27H30N2O3. The maximum Gasteiger partial charge on any atom is 0.261 e. The highest BCUT2D eigenvalue weighted by Crippen LogP contribution is 2.17. The minimum absolute atomic E-state index is 0.141. The van der Waals surface area contributed by atoms with Crippen LogP contribution in [0.3, 0.4) is 0 Å². The van der Waals surface area contributed by atoms with Gasteiger partial charge in [-0.15, -0.1) is 0 Å². The molecule has 1 N–H and O–H groups in total. The second-order valence-corrected chi connectivity index (χ2v) is 7.93. The number of benzene rings is 3. The second-order valence-electron chi connectivity index (χ2n) is 7.93. The van der Waals surface area contributed by atoms with Crippen molar-refractivity contribution in [3.05, 3.63) is 101 Å². The molecule has 3 rings (SSSR count). The summed E-state index contributed by atoms with van der Waals surface area (Å²) in [5.41, 5.74) is 4.14. The zero-order valence-corrected chi connectivity index (χ0v) is 18.9. The molecule has 2 amide bonds. The van der Waals surface area contributed by atoms with Crippen molar-refractivity contribution in [1.82, 2.24) is 10.2 Å². The third kappa shape index (κ3) is 6.45. The summed E-state index contributed by atoms with van der Waals surface area (Å²) in [5, 5.41) is 2.72. The summed E-state index contributed by atoms with van der Waals surface area (Å²) in [6.07, 6.45) is 0.419. The minimum atomic E-state index is -0.655. The van der Waals surface area contributed by atoms with Crippen molar-refractivity contribution in [1.29, 1.82) is 0 Å². The minimum Gasteiger partial charge on any atom is -0.484 e. The maximum absolute atomic E-state index is 13.3. The van der Waals surface area contributed by atoms with Crippen molar-refractivity contribution < 1.29 is 14.3 Å². The Labute approximate surface area is 190 Å². The monoisotopic (exact) mass is 430 g/mol. The summed E-state index contributed by atoms with van der Waals surface area (Å²) in [6, 6.07) is 24.6. The molecule has 0 aliphatic carbocycles. The Balaban J connectivity index is 1.86. The van der Waals surface area contributed by atoms with Crippen LogP contribution < -0.4 is 10.1 Å². The smallest absolute Gasteiger partial charge is 0.261 e. The summed E-state index contributed by atoms with van der Waals surface area (Å²) in [5.74, 6) is 0.190. The van der Waals surface area contributed by atoms with E-state index in [2.05, 4.69) is 5.32 Å². The van der Waals surface area contributed by atoms with Crippen LogP contribution in [0.2, 0.25) is 0 Å². The number of hydrogen-bond donors (Lipinski definition) is 1. The highest BCUT2D eigenvalue weighted by Gasteiger charge is 2.30. The number of likely N-dealkylation sites (N-methyl/N-ethyl adjacent to an activating group) is 1. The molecule has 0 bridgehead atoms. The van der Waals surface area contributed by atoms with E-state index < -0.39 is 6.04 Å². The molecule has 1 atom stereocenters. The number of amides is 2. The quantitative estimate of drug-likeness (QED) is 0.557. The van der Waals surface area contributed by atoms with Gasteiger partial charge in [0, 0.05) is 20.0 Å². The standard InChI is InChI=1S/C27H30N2O3/c1-20-12-14-23(15-13-20)18-29(26(30)19-32-24-11-7-8-21(2)16-24)25(27(31)28-3)17-22-9-5-4-6-10-22/h4-16,25H,17-19H2,1-3H3,(H,28,31). The number of carbonyl (C=O) groups is 2. The van der Waals surface area contributed by atoms with Crippen LogP contribution in [0.1, 0.15) is 22.3 Å². The van der Waals surface area contributed by atoms with Gasteiger partial charge in [0.2, 0.25) is 5.91 Å². The van der Waals surface area contributed by atoms with Gasteiger partial charge >= 0.3 is 0 Å². The molecule has 0 saturated heterocycles. The Morgan fingerprint density at radius 1 is 0.875 bits per heavy atom. The molecule has 32 heavy (non-hydrogen) atoms. The molecule has 166 valence electrons. The van der Waals surface area contributed by atoms with Crippen molar-refractivity contribution in [2.24, 2.45) is 0 Å². The molecule has 1 unspecified atom stereocenters. The van der Waals surface area contributed by atoms with Gasteiger partial charge in [0.1, 0.15) is 11.8 Å². The number of rotatable bonds is 9. The molecule has 0 aliphatic rings. The highest BCUT2D eigenvalue weighted by atomic mass is 16.5. The summed E-state index contributed by atoms with van der Waals surface area (Å²) < 4.78 is 5.78. The van der Waals surface area contributed by atoms with Gasteiger partial charge in [-0.3, -0.25) is 9.59 Å². The van der Waals surface area contributed by atoms with E-state index in [0.29, 0.717) is 18.7 Å². The average Bonchev–Trinajstić information content (AvgIpc) is 2.81. The SMILES string of the molecule is CNC(=O)C(Cc1ccccc1)N(Cc1ccc(C)cc1)C(=O)COc1cccc(C)c1. The van der Waals surface area contributed by atoms with Crippen molar-refractivity contribution in [2.75, 3.05) is 13.7 Å². The Morgan fingerprint density at radius 2 is 1.59 bits per heavy atom. The van der Waals surface area contributed by atoms with E-state index in [9.17, 15) is 9.59 Å². The van der Waals surface area contributed by atoms with Gasteiger partial charge in [-0.2, -0.15) is 0 Å². The van der Waals surface area contributed by atoms with Crippen LogP contribution in [0.25, 0.3) is 0 Å². The lowest BCUT2D eigenvalue weighted by Gasteiger charge is -2.31. The van der Waals surface area contributed by atoms with Crippen LogP contribution in [-0.4, -0.2) is 36.4 Å². The molecule has 0 saturated carbocycles. The Kier molecular flexibility index (Phi) is 8.03. The third-order valence-corrected chi connectivity index (χ3v) is 5.34. The van der Waals surface area contributed by atoms with Crippen molar-refractivity contribution in [3.63, 3.8) is 0 Å². The predicted octanol–water partition coefficient (Wildman–Crippen LogP) is 4.07. The van der Waals surface area contributed by atoms with E-state index >= 15 is 0 Å². The number of nitrogens with one attached hydrogen (secondary N) is 1. The summed E-state index contributed by atoms with van der Waals surface area (Å²) in [4.78, 5) is 27.8. The van der Waals surface area contributed by atoms with Gasteiger partial charge in [0.25, 0.3) is 5.91 Å². The summed E-state index contributed by atoms with van der Waals surface area (Å²) in [7, 11) is 1.60. The van der Waals surface area contributed by atoms with E-state index in [1.807, 2.05) is 92.7 Å². The van der Waals surface area contributed by atoms with E-state index in [4.69, 9.17) is 4.74 Å². The number of carbonyl (C=O) groups excluding carboxylic acids is 2. The number of nitrogens with zero attached hydrogens (tertiary/aromatic N) is 1. The van der Waals surface area contributed by atoms with Crippen LogP contribution in [0.5, 0.6) is 5.75 Å². The number of ether oxygens (including phenoxy) is 1. The van der Waals surface area contributed by atoms with Crippen LogP contribution in [-0.2, 0) is 22.6 Å². The molecule has 0 fully saturated rings. The van der Waals surface area contributed by atoms with Crippen LogP contribution in [0.4, 0.5) is 0 Å². The average molecular weight is 431 g/mol. The normalized spacial score (nSPS) is 11.5. The third-order valence-electron chi connectivity index (χ3n) is 5.34. The van der Waals surface area contributed by atoms with Gasteiger partial charge in [0.15, 0.2) is 6.61 Å². The van der Waals surface area contributed by atoms with E-state index in [1.165, 1.54) is 0 Å². The van der Waals surface area contributed by atoms with Gasteiger partial charge in [-0.1, -0.05) is 72.3 Å². The molecule has 0 aromatic heterocycles. The fourth-order valence-electron chi connectivity index (χ4n) is 3.54. The maximum atomic E-state index is 13.3. The lowest BCUT2D eigenvalue weighted by Crippen LogP contribution is -2.51. The Bertz CT molecular complexity index is 1030. The fourth-order valence-corrected chi connectivity index (χ4v) is 3.54. The molecule has 5 heteroatoms. The summed E-state index contributed by atoms with van der Waals surface area (Å²) in [6.45, 7) is 4.17. The predicted molar refractivity (Wildman–Crippen MR) is 126 cm³/mol. The molecule has 0 heterocycles. The second kappa shape index (κ2) is 11.1. The zero-order chi connectivity index (χ0) is 22.9. The molecule has 0 spiro atoms. The zero-order valence-electron chi connectivity index (χ0n) is 18.9. The van der Waals surface area contributed by atoms with Gasteiger partial charge in [-0.05, 0) is 42.7 Å². The lowest BCUT2D eigenvalue weighted by atomic mass is 10.0. The number of aryl methyl sites for hydroxylation is 2. The van der Waals surface area contributed by atoms with E-state index in [0.717, 1.165) is 22.3 Å². The van der Waals surface area contributed by atoms with Crippen LogP contribution >= 0.6 is 0 Å². The van der Waals surface area contributed by atoms with E-state index in [1.54, 1.807) is 11.9 Å². The topological polar surface area (TPSA) is 58.6 Å². The fraction of sp³-hybridized carbons (Fsp3) is 0.259.